The molecule has 0 aliphatic carbocycles. The van der Waals surface area contributed by atoms with Gasteiger partial charge < -0.3 is 24.4 Å². The van der Waals surface area contributed by atoms with Gasteiger partial charge in [-0.05, 0) is 43.3 Å². The van der Waals surface area contributed by atoms with Crippen molar-refractivity contribution in [1.29, 1.82) is 0 Å². The van der Waals surface area contributed by atoms with Crippen molar-refractivity contribution in [2.75, 3.05) is 43.6 Å². The van der Waals surface area contributed by atoms with Crippen LogP contribution in [0.2, 0.25) is 0 Å². The third-order valence-electron chi connectivity index (χ3n) is 6.71. The second kappa shape index (κ2) is 10.4. The molecule has 9 heteroatoms. The summed E-state index contributed by atoms with van der Waals surface area (Å²) in [7, 11) is 3.37. The third-order valence-corrected chi connectivity index (χ3v) is 6.71. The van der Waals surface area contributed by atoms with Crippen molar-refractivity contribution in [3.63, 3.8) is 0 Å². The number of fused-ring (bicyclic) bond motifs is 1. The Morgan fingerprint density at radius 2 is 1.84 bits per heavy atom. The Kier molecular flexibility index (Phi) is 6.87. The van der Waals surface area contributed by atoms with Gasteiger partial charge in [0.15, 0.2) is 0 Å². The molecule has 9 nitrogen and oxygen atoms in total. The van der Waals surface area contributed by atoms with E-state index in [-0.39, 0.29) is 24.5 Å². The molecule has 2 amide bonds. The van der Waals surface area contributed by atoms with E-state index in [1.165, 1.54) is 7.11 Å². The van der Waals surface area contributed by atoms with E-state index in [2.05, 4.69) is 34.3 Å². The van der Waals surface area contributed by atoms with Gasteiger partial charge in [-0.3, -0.25) is 14.6 Å². The summed E-state index contributed by atoms with van der Waals surface area (Å²) in [6, 6.07) is 17.5. The number of piperazine rings is 1. The average molecular weight is 499 g/mol. The minimum absolute atomic E-state index is 0.00357. The molecule has 37 heavy (non-hydrogen) atoms. The summed E-state index contributed by atoms with van der Waals surface area (Å²) in [5, 5.41) is 2.84. The first-order valence-electron chi connectivity index (χ1n) is 12.3. The largest absolute Gasteiger partial charge is 0.375 e. The first-order chi connectivity index (χ1) is 18.0. The van der Waals surface area contributed by atoms with Crippen LogP contribution in [-0.4, -0.2) is 70.6 Å². The van der Waals surface area contributed by atoms with Gasteiger partial charge in [0.25, 0.3) is 5.91 Å². The molecule has 0 saturated carbocycles. The number of aromatic nitrogens is 3. The Hall–Kier alpha value is -4.24. The first kappa shape index (κ1) is 24.5. The normalized spacial score (nSPS) is 15.7. The molecule has 0 bridgehead atoms. The van der Waals surface area contributed by atoms with Gasteiger partial charge in [0, 0.05) is 69.2 Å². The molecule has 5 rings (SSSR count). The number of carbonyl (C=O) groups is 2. The molecule has 0 spiro atoms. The first-order valence-corrected chi connectivity index (χ1v) is 12.3. The van der Waals surface area contributed by atoms with Crippen LogP contribution >= 0.6 is 0 Å². The van der Waals surface area contributed by atoms with E-state index in [1.54, 1.807) is 24.5 Å². The number of methoxy groups -OCH3 is 1. The highest BCUT2D eigenvalue weighted by atomic mass is 16.5. The number of para-hydroxylation sites is 1. The van der Waals surface area contributed by atoms with E-state index in [1.807, 2.05) is 46.8 Å². The van der Waals surface area contributed by atoms with Crippen LogP contribution < -0.4 is 10.2 Å². The number of aryl methyl sites for hydroxylation is 1. The molecule has 1 N–H and O–H groups in total. The summed E-state index contributed by atoms with van der Waals surface area (Å²) >= 11 is 0. The lowest BCUT2D eigenvalue weighted by Gasteiger charge is -2.41. The fourth-order valence-electron chi connectivity index (χ4n) is 4.96. The van der Waals surface area contributed by atoms with E-state index in [0.29, 0.717) is 29.1 Å². The Morgan fingerprint density at radius 1 is 1.08 bits per heavy atom. The van der Waals surface area contributed by atoms with Crippen LogP contribution in [0.15, 0.2) is 67.0 Å². The topological polar surface area (TPSA) is 92.6 Å². The molecule has 1 aliphatic rings. The molecule has 3 heterocycles. The summed E-state index contributed by atoms with van der Waals surface area (Å²) < 4.78 is 6.89. The predicted octanol–water partition coefficient (Wildman–Crippen LogP) is 3.57. The van der Waals surface area contributed by atoms with Crippen molar-refractivity contribution in [3.8, 4) is 11.4 Å². The van der Waals surface area contributed by atoms with Crippen LogP contribution in [0.3, 0.4) is 0 Å². The maximum Gasteiger partial charge on any atom is 0.256 e. The highest BCUT2D eigenvalue weighted by Crippen LogP contribution is 2.31. The van der Waals surface area contributed by atoms with Crippen LogP contribution in [0.1, 0.15) is 17.3 Å². The zero-order chi connectivity index (χ0) is 25.9. The molecule has 1 fully saturated rings. The minimum Gasteiger partial charge on any atom is -0.375 e. The molecule has 1 aliphatic heterocycles. The molecular formula is C28H30N6O3. The molecule has 4 aromatic rings. The van der Waals surface area contributed by atoms with Crippen molar-refractivity contribution in [3.05, 3.63) is 72.6 Å². The van der Waals surface area contributed by atoms with Crippen LogP contribution in [-0.2, 0) is 16.6 Å². The van der Waals surface area contributed by atoms with Gasteiger partial charge in [0.2, 0.25) is 5.91 Å². The Labute approximate surface area is 215 Å². The van der Waals surface area contributed by atoms with E-state index in [9.17, 15) is 9.59 Å². The maximum atomic E-state index is 14.0. The van der Waals surface area contributed by atoms with Crippen molar-refractivity contribution >= 4 is 34.2 Å². The average Bonchev–Trinajstić information content (AvgIpc) is 3.25. The second-order valence-electron chi connectivity index (χ2n) is 9.23. The third kappa shape index (κ3) is 4.90. The summed E-state index contributed by atoms with van der Waals surface area (Å²) in [5.74, 6) is 0.335. The molecule has 2 aromatic heterocycles. The van der Waals surface area contributed by atoms with E-state index < -0.39 is 0 Å². The number of anilines is 2. The highest BCUT2D eigenvalue weighted by Gasteiger charge is 2.30. The van der Waals surface area contributed by atoms with Crippen molar-refractivity contribution in [1.82, 2.24) is 19.4 Å². The smallest absolute Gasteiger partial charge is 0.256 e. The van der Waals surface area contributed by atoms with Crippen molar-refractivity contribution in [2.45, 2.75) is 13.0 Å². The highest BCUT2D eigenvalue weighted by molar-refractivity contribution is 6.08. The molecular weight excluding hydrogens is 468 g/mol. The van der Waals surface area contributed by atoms with Gasteiger partial charge in [-0.15, -0.1) is 0 Å². The lowest BCUT2D eigenvalue weighted by Crippen LogP contribution is -2.54. The quantitative estimate of drug-likeness (QED) is 0.437. The Morgan fingerprint density at radius 3 is 2.54 bits per heavy atom. The Balaban J connectivity index is 1.52. The lowest BCUT2D eigenvalue weighted by atomic mass is 10.1. The van der Waals surface area contributed by atoms with E-state index in [4.69, 9.17) is 9.72 Å². The number of benzene rings is 2. The number of imidazole rings is 1. The standard InChI is InChI=1S/C28H30N6O3/c1-19-17-33(22-7-5-4-6-8-22)13-14-34(19)28(36)23-15-21(30-25(35)18-37-3)16-24-26(23)32(2)27(31-24)20-9-11-29-12-10-20/h4-12,15-16,19H,13-14,17-18H2,1-3H3,(H,30,35)/t19-/m1/s1. The van der Waals surface area contributed by atoms with Gasteiger partial charge >= 0.3 is 0 Å². The molecule has 1 atom stereocenters. The minimum atomic E-state index is -0.296. The summed E-state index contributed by atoms with van der Waals surface area (Å²) in [6.07, 6.45) is 3.43. The Bertz CT molecular complexity index is 1420. The summed E-state index contributed by atoms with van der Waals surface area (Å²) in [4.78, 5) is 39.5. The molecule has 2 aromatic carbocycles. The number of amides is 2. The lowest BCUT2D eigenvalue weighted by molar-refractivity contribution is -0.119. The molecule has 0 unspecified atom stereocenters. The van der Waals surface area contributed by atoms with Crippen LogP contribution in [0.25, 0.3) is 22.4 Å². The SMILES string of the molecule is COCC(=O)Nc1cc(C(=O)N2CCN(c3ccccc3)C[C@H]2C)c2c(c1)nc(-c1ccncc1)n2C. The predicted molar refractivity (Wildman–Crippen MR) is 144 cm³/mol. The fourth-order valence-corrected chi connectivity index (χ4v) is 4.96. The van der Waals surface area contributed by atoms with Crippen molar-refractivity contribution < 1.29 is 14.3 Å². The number of nitrogens with one attached hydrogen (secondary N) is 1. The number of hydrogen-bond acceptors (Lipinski definition) is 6. The number of hydrogen-bond donors (Lipinski definition) is 1. The monoisotopic (exact) mass is 498 g/mol. The van der Waals surface area contributed by atoms with Crippen molar-refractivity contribution in [2.24, 2.45) is 7.05 Å². The molecule has 190 valence electrons. The summed E-state index contributed by atoms with van der Waals surface area (Å²) in [5.41, 5.74) is 4.40. The molecule has 1 saturated heterocycles. The zero-order valence-corrected chi connectivity index (χ0v) is 21.2. The second-order valence-corrected chi connectivity index (χ2v) is 9.23. The van der Waals surface area contributed by atoms with Crippen LogP contribution in [0.5, 0.6) is 0 Å². The number of carbonyl (C=O) groups excluding carboxylic acids is 2. The van der Waals surface area contributed by atoms with Crippen LogP contribution in [0.4, 0.5) is 11.4 Å². The number of nitrogens with zero attached hydrogens (tertiary/aromatic N) is 5. The molecule has 0 radical (unpaired) electrons. The fraction of sp³-hybridized carbons (Fsp3) is 0.286. The number of pyridine rings is 1. The van der Waals surface area contributed by atoms with Gasteiger partial charge in [-0.25, -0.2) is 4.98 Å². The maximum absolute atomic E-state index is 14.0. The van der Waals surface area contributed by atoms with E-state index >= 15 is 0 Å². The van der Waals surface area contributed by atoms with Crippen LogP contribution in [0, 0.1) is 0 Å². The zero-order valence-electron chi connectivity index (χ0n) is 21.2. The van der Waals surface area contributed by atoms with E-state index in [0.717, 1.165) is 29.9 Å². The van der Waals surface area contributed by atoms with Gasteiger partial charge in [-0.2, -0.15) is 0 Å². The van der Waals surface area contributed by atoms with Gasteiger partial charge in [0.05, 0.1) is 16.6 Å². The van der Waals surface area contributed by atoms with Gasteiger partial charge in [0.1, 0.15) is 12.4 Å². The number of ether oxygens (including phenoxy) is 1. The number of rotatable bonds is 6. The summed E-state index contributed by atoms with van der Waals surface area (Å²) in [6.45, 7) is 4.05. The van der Waals surface area contributed by atoms with Gasteiger partial charge in [-0.1, -0.05) is 18.2 Å².